The molecule has 0 fully saturated rings. The molecule has 0 spiro atoms. The van der Waals surface area contributed by atoms with Crippen molar-refractivity contribution in [3.05, 3.63) is 0 Å². The summed E-state index contributed by atoms with van der Waals surface area (Å²) in [7, 11) is 2.15. The van der Waals surface area contributed by atoms with Gasteiger partial charge in [-0.2, -0.15) is 12.6 Å². The molecule has 14 heavy (non-hydrogen) atoms. The molecule has 0 rings (SSSR count). The highest BCUT2D eigenvalue weighted by Crippen LogP contribution is 2.06. The number of thiol groups is 1. The first kappa shape index (κ1) is 14.3. The van der Waals surface area contributed by atoms with Crippen LogP contribution in [0.1, 0.15) is 27.2 Å². The highest BCUT2D eigenvalue weighted by Gasteiger charge is 2.07. The summed E-state index contributed by atoms with van der Waals surface area (Å²) in [5.74, 6) is 1.69. The standard InChI is InChI=1S/C11H25NOS/c1-5-11(9-14)8-12(4)6-7-13-10(2)3/h10-11,14H,5-9H2,1-4H3. The highest BCUT2D eigenvalue weighted by atomic mass is 32.1. The van der Waals surface area contributed by atoms with Crippen LogP contribution in [0.2, 0.25) is 0 Å². The van der Waals surface area contributed by atoms with E-state index in [-0.39, 0.29) is 0 Å². The average Bonchev–Trinajstić information content (AvgIpc) is 2.13. The Morgan fingerprint density at radius 1 is 1.36 bits per heavy atom. The second kappa shape index (κ2) is 8.57. The van der Waals surface area contributed by atoms with Crippen LogP contribution in [0, 0.1) is 5.92 Å². The van der Waals surface area contributed by atoms with E-state index in [0.717, 1.165) is 25.4 Å². The molecule has 1 unspecified atom stereocenters. The molecule has 0 aliphatic heterocycles. The van der Waals surface area contributed by atoms with E-state index in [9.17, 15) is 0 Å². The largest absolute Gasteiger partial charge is 0.377 e. The van der Waals surface area contributed by atoms with Gasteiger partial charge in [0.15, 0.2) is 0 Å². The maximum absolute atomic E-state index is 5.50. The van der Waals surface area contributed by atoms with Gasteiger partial charge in [0.05, 0.1) is 12.7 Å². The third kappa shape index (κ3) is 7.65. The Morgan fingerprint density at radius 2 is 2.00 bits per heavy atom. The zero-order chi connectivity index (χ0) is 11.0. The molecule has 86 valence electrons. The zero-order valence-corrected chi connectivity index (χ0v) is 10.9. The monoisotopic (exact) mass is 219 g/mol. The molecule has 0 aromatic heterocycles. The van der Waals surface area contributed by atoms with E-state index in [1.165, 1.54) is 6.42 Å². The lowest BCUT2D eigenvalue weighted by molar-refractivity contribution is 0.0617. The average molecular weight is 219 g/mol. The molecule has 0 aromatic rings. The lowest BCUT2D eigenvalue weighted by Gasteiger charge is -2.22. The van der Waals surface area contributed by atoms with Gasteiger partial charge in [0.2, 0.25) is 0 Å². The van der Waals surface area contributed by atoms with Gasteiger partial charge < -0.3 is 9.64 Å². The van der Waals surface area contributed by atoms with Gasteiger partial charge in [-0.15, -0.1) is 0 Å². The van der Waals surface area contributed by atoms with Crippen molar-refractivity contribution in [3.63, 3.8) is 0 Å². The van der Waals surface area contributed by atoms with Gasteiger partial charge in [-0.05, 0) is 32.6 Å². The van der Waals surface area contributed by atoms with Crippen LogP contribution in [0.5, 0.6) is 0 Å². The third-order valence-corrected chi connectivity index (χ3v) is 2.85. The van der Waals surface area contributed by atoms with Crippen LogP contribution in [0.25, 0.3) is 0 Å². The predicted octanol–water partition coefficient (Wildman–Crippen LogP) is 2.30. The second-order valence-electron chi connectivity index (χ2n) is 4.14. The molecule has 0 aliphatic carbocycles. The van der Waals surface area contributed by atoms with Crippen molar-refractivity contribution in [1.29, 1.82) is 0 Å². The molecule has 0 aromatic carbocycles. The molecule has 0 bridgehead atoms. The highest BCUT2D eigenvalue weighted by molar-refractivity contribution is 7.80. The van der Waals surface area contributed by atoms with Crippen LogP contribution in [-0.4, -0.2) is 43.5 Å². The third-order valence-electron chi connectivity index (χ3n) is 2.33. The molecular weight excluding hydrogens is 194 g/mol. The van der Waals surface area contributed by atoms with Crippen LogP contribution >= 0.6 is 12.6 Å². The first-order valence-electron chi connectivity index (χ1n) is 5.51. The summed E-state index contributed by atoms with van der Waals surface area (Å²) in [5, 5.41) is 0. The Labute approximate surface area is 94.4 Å². The smallest absolute Gasteiger partial charge is 0.0596 e. The molecular formula is C11H25NOS. The second-order valence-corrected chi connectivity index (χ2v) is 4.50. The molecule has 0 saturated heterocycles. The quantitative estimate of drug-likeness (QED) is 0.629. The van der Waals surface area contributed by atoms with Crippen LogP contribution in [0.4, 0.5) is 0 Å². The van der Waals surface area contributed by atoms with E-state index in [1.807, 2.05) is 0 Å². The van der Waals surface area contributed by atoms with E-state index in [0.29, 0.717) is 12.0 Å². The Hall–Kier alpha value is 0.270. The van der Waals surface area contributed by atoms with E-state index in [1.54, 1.807) is 0 Å². The molecule has 3 heteroatoms. The van der Waals surface area contributed by atoms with E-state index in [2.05, 4.69) is 45.3 Å². The lowest BCUT2D eigenvalue weighted by atomic mass is 10.1. The normalized spacial score (nSPS) is 13.9. The van der Waals surface area contributed by atoms with E-state index < -0.39 is 0 Å². The maximum atomic E-state index is 5.50. The van der Waals surface area contributed by atoms with Crippen LogP contribution in [0.3, 0.4) is 0 Å². The Kier molecular flexibility index (Phi) is 8.73. The topological polar surface area (TPSA) is 12.5 Å². The van der Waals surface area contributed by atoms with E-state index >= 15 is 0 Å². The summed E-state index contributed by atoms with van der Waals surface area (Å²) in [5.41, 5.74) is 0. The summed E-state index contributed by atoms with van der Waals surface area (Å²) in [6.45, 7) is 9.34. The van der Waals surface area contributed by atoms with Crippen LogP contribution < -0.4 is 0 Å². The van der Waals surface area contributed by atoms with Crippen molar-refractivity contribution in [3.8, 4) is 0 Å². The lowest BCUT2D eigenvalue weighted by Crippen LogP contribution is -2.30. The molecule has 0 N–H and O–H groups in total. The van der Waals surface area contributed by atoms with Crippen molar-refractivity contribution < 1.29 is 4.74 Å². The fraction of sp³-hybridized carbons (Fsp3) is 1.00. The zero-order valence-electron chi connectivity index (χ0n) is 9.99. The predicted molar refractivity (Wildman–Crippen MR) is 66.2 cm³/mol. The van der Waals surface area contributed by atoms with Crippen molar-refractivity contribution >= 4 is 12.6 Å². The Balaban J connectivity index is 3.48. The summed E-state index contributed by atoms with van der Waals surface area (Å²) >= 11 is 4.34. The molecule has 0 heterocycles. The van der Waals surface area contributed by atoms with Crippen LogP contribution in [-0.2, 0) is 4.74 Å². The van der Waals surface area contributed by atoms with Gasteiger partial charge in [0.25, 0.3) is 0 Å². The van der Waals surface area contributed by atoms with Gasteiger partial charge in [-0.3, -0.25) is 0 Å². The summed E-state index contributed by atoms with van der Waals surface area (Å²) < 4.78 is 5.50. The SMILES string of the molecule is CCC(CS)CN(C)CCOC(C)C. The fourth-order valence-corrected chi connectivity index (χ4v) is 1.67. The number of likely N-dealkylation sites (N-methyl/N-ethyl adjacent to an activating group) is 1. The number of rotatable bonds is 8. The minimum Gasteiger partial charge on any atom is -0.377 e. The van der Waals surface area contributed by atoms with Gasteiger partial charge >= 0.3 is 0 Å². The first-order chi connectivity index (χ1) is 6.60. The molecule has 2 nitrogen and oxygen atoms in total. The first-order valence-corrected chi connectivity index (χ1v) is 6.14. The van der Waals surface area contributed by atoms with Crippen molar-refractivity contribution in [2.75, 3.05) is 32.5 Å². The van der Waals surface area contributed by atoms with Gasteiger partial charge in [-0.1, -0.05) is 13.3 Å². The van der Waals surface area contributed by atoms with E-state index in [4.69, 9.17) is 4.74 Å². The molecule has 0 amide bonds. The van der Waals surface area contributed by atoms with Gasteiger partial charge in [0.1, 0.15) is 0 Å². The molecule has 0 aliphatic rings. The minimum atomic E-state index is 0.343. The minimum absolute atomic E-state index is 0.343. The molecule has 0 saturated carbocycles. The summed E-state index contributed by atoms with van der Waals surface area (Å²) in [4.78, 5) is 2.33. The Bertz CT molecular complexity index is 126. The fourth-order valence-electron chi connectivity index (χ4n) is 1.29. The van der Waals surface area contributed by atoms with Crippen LogP contribution in [0.15, 0.2) is 0 Å². The number of nitrogens with zero attached hydrogens (tertiary/aromatic N) is 1. The number of hydrogen-bond acceptors (Lipinski definition) is 3. The van der Waals surface area contributed by atoms with Crippen molar-refractivity contribution in [2.24, 2.45) is 5.92 Å². The maximum Gasteiger partial charge on any atom is 0.0596 e. The Morgan fingerprint density at radius 3 is 2.43 bits per heavy atom. The molecule has 0 radical (unpaired) electrons. The number of ether oxygens (including phenoxy) is 1. The van der Waals surface area contributed by atoms with Gasteiger partial charge in [-0.25, -0.2) is 0 Å². The van der Waals surface area contributed by atoms with Gasteiger partial charge in [0, 0.05) is 13.1 Å². The summed E-state index contributed by atoms with van der Waals surface area (Å²) in [6.07, 6.45) is 1.55. The number of hydrogen-bond donors (Lipinski definition) is 1. The van der Waals surface area contributed by atoms with Crippen molar-refractivity contribution in [2.45, 2.75) is 33.3 Å². The molecule has 1 atom stereocenters. The van der Waals surface area contributed by atoms with Crippen molar-refractivity contribution in [1.82, 2.24) is 4.90 Å². The summed E-state index contributed by atoms with van der Waals surface area (Å²) in [6, 6.07) is 0.